The molecule has 0 unspecified atom stereocenters. The Morgan fingerprint density at radius 2 is 1.33 bits per heavy atom. The van der Waals surface area contributed by atoms with Crippen molar-refractivity contribution in [1.82, 2.24) is 4.90 Å². The summed E-state index contributed by atoms with van der Waals surface area (Å²) in [6.45, 7) is 5.62. The standard InChI is InChI=1S/C22H29N3O2/c1-3-16-25(17-4-2)22(27)15-14-21(26)24-20-12-10-19(11-13-20)23-18-8-6-5-7-9-18/h5-13,23H,3-4,14-17H2,1-2H3,(H,24,26). The molecule has 2 aromatic carbocycles. The molecule has 2 rings (SSSR count). The lowest BCUT2D eigenvalue weighted by atomic mass is 10.2. The molecule has 0 radical (unpaired) electrons. The molecule has 0 aliphatic carbocycles. The lowest BCUT2D eigenvalue weighted by Crippen LogP contribution is -2.33. The summed E-state index contributed by atoms with van der Waals surface area (Å²) in [5.41, 5.74) is 2.69. The number of carbonyl (C=O) groups excluding carboxylic acids is 2. The molecule has 2 N–H and O–H groups in total. The fourth-order valence-electron chi connectivity index (χ4n) is 2.83. The molecule has 0 bridgehead atoms. The van der Waals surface area contributed by atoms with Gasteiger partial charge in [0.05, 0.1) is 0 Å². The zero-order chi connectivity index (χ0) is 19.5. The third-order valence-corrected chi connectivity index (χ3v) is 4.14. The van der Waals surface area contributed by atoms with Gasteiger partial charge in [0.1, 0.15) is 0 Å². The van der Waals surface area contributed by atoms with Crippen molar-refractivity contribution in [3.8, 4) is 0 Å². The lowest BCUT2D eigenvalue weighted by molar-refractivity contribution is -0.132. The zero-order valence-electron chi connectivity index (χ0n) is 16.2. The SMILES string of the molecule is CCCN(CCC)C(=O)CCC(=O)Nc1ccc(Nc2ccccc2)cc1. The fraction of sp³-hybridized carbons (Fsp3) is 0.364. The molecule has 0 atom stereocenters. The number of para-hydroxylation sites is 1. The molecule has 144 valence electrons. The first-order valence-corrected chi connectivity index (χ1v) is 9.62. The highest BCUT2D eigenvalue weighted by Crippen LogP contribution is 2.18. The van der Waals surface area contributed by atoms with E-state index in [0.29, 0.717) is 0 Å². The normalized spacial score (nSPS) is 10.3. The minimum absolute atomic E-state index is 0.0521. The minimum Gasteiger partial charge on any atom is -0.356 e. The third-order valence-electron chi connectivity index (χ3n) is 4.14. The van der Waals surface area contributed by atoms with Gasteiger partial charge in [0.2, 0.25) is 11.8 Å². The Kier molecular flexibility index (Phi) is 8.36. The van der Waals surface area contributed by atoms with Gasteiger partial charge in [0, 0.05) is 43.0 Å². The van der Waals surface area contributed by atoms with Crippen molar-refractivity contribution in [2.24, 2.45) is 0 Å². The molecule has 0 aliphatic rings. The van der Waals surface area contributed by atoms with Crippen molar-refractivity contribution < 1.29 is 9.59 Å². The molecular formula is C22H29N3O2. The molecule has 0 heterocycles. The molecule has 5 heteroatoms. The number of amides is 2. The maximum atomic E-state index is 12.2. The molecular weight excluding hydrogens is 338 g/mol. The Bertz CT molecular complexity index is 708. The second kappa shape index (κ2) is 11.0. The maximum Gasteiger partial charge on any atom is 0.224 e. The molecule has 0 fully saturated rings. The molecule has 0 aromatic heterocycles. The first-order chi connectivity index (χ1) is 13.1. The first kappa shape index (κ1) is 20.5. The summed E-state index contributed by atoms with van der Waals surface area (Å²) < 4.78 is 0. The largest absolute Gasteiger partial charge is 0.356 e. The summed E-state index contributed by atoms with van der Waals surface area (Å²) in [5, 5.41) is 6.15. The van der Waals surface area contributed by atoms with Crippen LogP contribution in [0, 0.1) is 0 Å². The Morgan fingerprint density at radius 1 is 0.778 bits per heavy atom. The summed E-state index contributed by atoms with van der Waals surface area (Å²) in [7, 11) is 0. The highest BCUT2D eigenvalue weighted by molar-refractivity contribution is 5.93. The van der Waals surface area contributed by atoms with E-state index >= 15 is 0 Å². The summed E-state index contributed by atoms with van der Waals surface area (Å²) in [6, 6.07) is 17.4. The van der Waals surface area contributed by atoms with Crippen LogP contribution in [0.15, 0.2) is 54.6 Å². The third kappa shape index (κ3) is 7.13. The molecule has 27 heavy (non-hydrogen) atoms. The van der Waals surface area contributed by atoms with Crippen LogP contribution < -0.4 is 10.6 Å². The Balaban J connectivity index is 1.80. The fourth-order valence-corrected chi connectivity index (χ4v) is 2.83. The molecule has 0 spiro atoms. The monoisotopic (exact) mass is 367 g/mol. The van der Waals surface area contributed by atoms with Gasteiger partial charge in [-0.1, -0.05) is 32.0 Å². The molecule has 5 nitrogen and oxygen atoms in total. The number of nitrogens with zero attached hydrogens (tertiary/aromatic N) is 1. The quantitative estimate of drug-likeness (QED) is 0.634. The first-order valence-electron chi connectivity index (χ1n) is 9.62. The molecule has 2 amide bonds. The van der Waals surface area contributed by atoms with E-state index in [2.05, 4.69) is 24.5 Å². The van der Waals surface area contributed by atoms with E-state index < -0.39 is 0 Å². The highest BCUT2D eigenvalue weighted by Gasteiger charge is 2.13. The van der Waals surface area contributed by atoms with Crippen molar-refractivity contribution in [1.29, 1.82) is 0 Å². The van der Waals surface area contributed by atoms with E-state index in [1.807, 2.05) is 59.5 Å². The van der Waals surface area contributed by atoms with Crippen molar-refractivity contribution in [2.75, 3.05) is 23.7 Å². The van der Waals surface area contributed by atoms with Crippen LogP contribution in [0.5, 0.6) is 0 Å². The highest BCUT2D eigenvalue weighted by atomic mass is 16.2. The average molecular weight is 367 g/mol. The van der Waals surface area contributed by atoms with E-state index in [0.717, 1.165) is 43.0 Å². The number of carbonyl (C=O) groups is 2. The number of hydrogen-bond donors (Lipinski definition) is 2. The van der Waals surface area contributed by atoms with Gasteiger partial charge in [-0.25, -0.2) is 0 Å². The van der Waals surface area contributed by atoms with Gasteiger partial charge < -0.3 is 15.5 Å². The maximum absolute atomic E-state index is 12.2. The Hall–Kier alpha value is -2.82. The number of benzene rings is 2. The van der Waals surface area contributed by atoms with Crippen LogP contribution >= 0.6 is 0 Å². The van der Waals surface area contributed by atoms with Crippen LogP contribution in [0.4, 0.5) is 17.1 Å². The predicted molar refractivity (Wildman–Crippen MR) is 111 cm³/mol. The summed E-state index contributed by atoms with van der Waals surface area (Å²) in [6.07, 6.45) is 2.31. The second-order valence-corrected chi connectivity index (χ2v) is 6.50. The zero-order valence-corrected chi connectivity index (χ0v) is 16.2. The van der Waals surface area contributed by atoms with E-state index in [1.54, 1.807) is 0 Å². The van der Waals surface area contributed by atoms with Crippen LogP contribution in [-0.2, 0) is 9.59 Å². The summed E-state index contributed by atoms with van der Waals surface area (Å²) in [4.78, 5) is 26.2. The number of anilines is 3. The number of rotatable bonds is 10. The number of hydrogen-bond acceptors (Lipinski definition) is 3. The van der Waals surface area contributed by atoms with E-state index in [-0.39, 0.29) is 24.7 Å². The van der Waals surface area contributed by atoms with Gasteiger partial charge in [-0.15, -0.1) is 0 Å². The molecule has 2 aromatic rings. The lowest BCUT2D eigenvalue weighted by Gasteiger charge is -2.21. The van der Waals surface area contributed by atoms with Crippen LogP contribution in [0.1, 0.15) is 39.5 Å². The van der Waals surface area contributed by atoms with Crippen LogP contribution in [0.3, 0.4) is 0 Å². The van der Waals surface area contributed by atoms with Gasteiger partial charge in [-0.3, -0.25) is 9.59 Å². The summed E-state index contributed by atoms with van der Waals surface area (Å²) >= 11 is 0. The van der Waals surface area contributed by atoms with Crippen molar-refractivity contribution >= 4 is 28.9 Å². The van der Waals surface area contributed by atoms with Gasteiger partial charge in [0.25, 0.3) is 0 Å². The molecule has 0 saturated carbocycles. The predicted octanol–water partition coefficient (Wildman–Crippen LogP) is 4.80. The van der Waals surface area contributed by atoms with Gasteiger partial charge >= 0.3 is 0 Å². The summed E-state index contributed by atoms with van der Waals surface area (Å²) in [5.74, 6) is -0.0867. The van der Waals surface area contributed by atoms with E-state index in [4.69, 9.17) is 0 Å². The van der Waals surface area contributed by atoms with Crippen LogP contribution in [0.25, 0.3) is 0 Å². The Labute approximate surface area is 161 Å². The van der Waals surface area contributed by atoms with Crippen LogP contribution in [-0.4, -0.2) is 29.8 Å². The minimum atomic E-state index is -0.139. The average Bonchev–Trinajstić information content (AvgIpc) is 2.68. The van der Waals surface area contributed by atoms with Gasteiger partial charge in [0.15, 0.2) is 0 Å². The van der Waals surface area contributed by atoms with Crippen molar-refractivity contribution in [3.63, 3.8) is 0 Å². The topological polar surface area (TPSA) is 61.4 Å². The smallest absolute Gasteiger partial charge is 0.224 e. The number of nitrogens with one attached hydrogen (secondary N) is 2. The van der Waals surface area contributed by atoms with E-state index in [9.17, 15) is 9.59 Å². The van der Waals surface area contributed by atoms with E-state index in [1.165, 1.54) is 0 Å². The van der Waals surface area contributed by atoms with Crippen molar-refractivity contribution in [2.45, 2.75) is 39.5 Å². The second-order valence-electron chi connectivity index (χ2n) is 6.50. The van der Waals surface area contributed by atoms with Crippen LogP contribution in [0.2, 0.25) is 0 Å². The van der Waals surface area contributed by atoms with Crippen molar-refractivity contribution in [3.05, 3.63) is 54.6 Å². The Morgan fingerprint density at radius 3 is 1.93 bits per heavy atom. The van der Waals surface area contributed by atoms with Gasteiger partial charge in [-0.2, -0.15) is 0 Å². The van der Waals surface area contributed by atoms with Gasteiger partial charge in [-0.05, 0) is 49.2 Å². The molecule has 0 aliphatic heterocycles. The molecule has 0 saturated heterocycles.